The summed E-state index contributed by atoms with van der Waals surface area (Å²) in [6, 6.07) is 14.2. The van der Waals surface area contributed by atoms with Crippen molar-refractivity contribution in [3.05, 3.63) is 71.7 Å². The number of nitrogens with zero attached hydrogens (tertiary/aromatic N) is 1. The first-order valence-corrected chi connectivity index (χ1v) is 10.8. The standard InChI is InChI=1S/C26H26FNO4/c1-32-24(31)15-20(30)14-19(29)12-13-22-25(16-8-10-18(27)11-9-16)21-4-2-3-5-23(21)28-26(22)17-6-7-17/h2-5,8-13,17,19-20,29-30H,6-7,14-15H2,1H3/b13-12+/t19-,20-/m1/s1. The summed E-state index contributed by atoms with van der Waals surface area (Å²) in [4.78, 5) is 16.3. The van der Waals surface area contributed by atoms with Gasteiger partial charge in [0, 0.05) is 28.9 Å². The van der Waals surface area contributed by atoms with Crippen molar-refractivity contribution >= 4 is 22.9 Å². The highest BCUT2D eigenvalue weighted by Crippen LogP contribution is 2.45. The predicted octanol–water partition coefficient (Wildman–Crippen LogP) is 4.61. The molecule has 1 aliphatic carbocycles. The molecule has 1 aromatic heterocycles. The van der Waals surface area contributed by atoms with Gasteiger partial charge < -0.3 is 14.9 Å². The smallest absolute Gasteiger partial charge is 0.308 e. The molecule has 3 aromatic rings. The molecule has 0 amide bonds. The number of benzene rings is 2. The summed E-state index contributed by atoms with van der Waals surface area (Å²) >= 11 is 0. The van der Waals surface area contributed by atoms with Crippen LogP contribution in [0.15, 0.2) is 54.6 Å². The zero-order valence-electron chi connectivity index (χ0n) is 17.9. The van der Waals surface area contributed by atoms with Gasteiger partial charge in [-0.3, -0.25) is 9.78 Å². The van der Waals surface area contributed by atoms with Crippen LogP contribution in [0, 0.1) is 5.82 Å². The van der Waals surface area contributed by atoms with Gasteiger partial charge in [0.15, 0.2) is 0 Å². The molecule has 32 heavy (non-hydrogen) atoms. The van der Waals surface area contributed by atoms with Crippen LogP contribution < -0.4 is 0 Å². The number of halogens is 1. The number of aliphatic hydroxyl groups excluding tert-OH is 2. The van der Waals surface area contributed by atoms with Crippen LogP contribution in [0.4, 0.5) is 4.39 Å². The first-order chi connectivity index (χ1) is 15.5. The van der Waals surface area contributed by atoms with Gasteiger partial charge in [-0.25, -0.2) is 4.39 Å². The normalized spacial score (nSPS) is 15.8. The maximum atomic E-state index is 13.6. The molecule has 5 nitrogen and oxygen atoms in total. The van der Waals surface area contributed by atoms with Crippen LogP contribution in [0.25, 0.3) is 28.1 Å². The minimum Gasteiger partial charge on any atom is -0.469 e. The second-order valence-corrected chi connectivity index (χ2v) is 8.18. The number of pyridine rings is 1. The third kappa shape index (κ3) is 5.03. The first kappa shape index (κ1) is 22.1. The van der Waals surface area contributed by atoms with Crippen LogP contribution in [0.3, 0.4) is 0 Å². The number of carbonyl (C=O) groups is 1. The largest absolute Gasteiger partial charge is 0.469 e. The Morgan fingerprint density at radius 2 is 1.91 bits per heavy atom. The van der Waals surface area contributed by atoms with E-state index in [1.165, 1.54) is 19.2 Å². The third-order valence-electron chi connectivity index (χ3n) is 5.69. The van der Waals surface area contributed by atoms with Gasteiger partial charge in [-0.05, 0) is 36.6 Å². The number of carbonyl (C=O) groups excluding carboxylic acids is 1. The van der Waals surface area contributed by atoms with Crippen molar-refractivity contribution in [2.75, 3.05) is 7.11 Å². The number of hydrogen-bond donors (Lipinski definition) is 2. The molecule has 1 heterocycles. The van der Waals surface area contributed by atoms with E-state index in [0.717, 1.165) is 46.1 Å². The molecule has 0 aliphatic heterocycles. The lowest BCUT2D eigenvalue weighted by atomic mass is 9.92. The Kier molecular flexibility index (Phi) is 6.63. The van der Waals surface area contributed by atoms with Crippen molar-refractivity contribution in [2.24, 2.45) is 0 Å². The van der Waals surface area contributed by atoms with E-state index in [4.69, 9.17) is 4.98 Å². The fourth-order valence-corrected chi connectivity index (χ4v) is 3.93. The molecule has 1 aliphatic rings. The molecule has 6 heteroatoms. The zero-order chi connectivity index (χ0) is 22.7. The molecule has 1 fully saturated rings. The van der Waals surface area contributed by atoms with Gasteiger partial charge in [-0.2, -0.15) is 0 Å². The Hall–Kier alpha value is -3.09. The summed E-state index contributed by atoms with van der Waals surface area (Å²) < 4.78 is 18.2. The SMILES string of the molecule is COC(=O)C[C@H](O)C[C@H](O)/C=C/c1c(C2CC2)nc2ccccc2c1-c1ccc(F)cc1. The molecule has 0 saturated heterocycles. The molecule has 0 bridgehead atoms. The maximum Gasteiger partial charge on any atom is 0.308 e. The molecule has 2 aromatic carbocycles. The molecule has 2 atom stereocenters. The molecule has 1 saturated carbocycles. The summed E-state index contributed by atoms with van der Waals surface area (Å²) in [5, 5.41) is 21.4. The lowest BCUT2D eigenvalue weighted by Gasteiger charge is -2.16. The Morgan fingerprint density at radius 1 is 1.19 bits per heavy atom. The Morgan fingerprint density at radius 3 is 2.59 bits per heavy atom. The minimum absolute atomic E-state index is 0.0112. The van der Waals surface area contributed by atoms with E-state index >= 15 is 0 Å². The van der Waals surface area contributed by atoms with E-state index in [1.807, 2.05) is 30.3 Å². The quantitative estimate of drug-likeness (QED) is 0.505. The fraction of sp³-hybridized carbons (Fsp3) is 0.308. The van der Waals surface area contributed by atoms with Crippen molar-refractivity contribution < 1.29 is 24.1 Å². The Balaban J connectivity index is 1.75. The van der Waals surface area contributed by atoms with Crippen LogP contribution in [-0.4, -0.2) is 40.5 Å². The van der Waals surface area contributed by atoms with Gasteiger partial charge in [0.05, 0.1) is 36.9 Å². The van der Waals surface area contributed by atoms with E-state index in [9.17, 15) is 19.4 Å². The third-order valence-corrected chi connectivity index (χ3v) is 5.69. The van der Waals surface area contributed by atoms with E-state index in [1.54, 1.807) is 18.2 Å². The zero-order valence-corrected chi connectivity index (χ0v) is 17.9. The number of rotatable bonds is 8. The van der Waals surface area contributed by atoms with E-state index in [2.05, 4.69) is 4.74 Å². The van der Waals surface area contributed by atoms with Crippen molar-refractivity contribution in [3.63, 3.8) is 0 Å². The Bertz CT molecular complexity index is 1140. The van der Waals surface area contributed by atoms with Gasteiger partial charge in [0.1, 0.15) is 5.82 Å². The molecular weight excluding hydrogens is 409 g/mol. The van der Waals surface area contributed by atoms with Gasteiger partial charge in [-0.15, -0.1) is 0 Å². The molecule has 2 N–H and O–H groups in total. The van der Waals surface area contributed by atoms with Gasteiger partial charge in [-0.1, -0.05) is 42.5 Å². The summed E-state index contributed by atoms with van der Waals surface area (Å²) in [5.74, 6) is -0.482. The van der Waals surface area contributed by atoms with Crippen LogP contribution >= 0.6 is 0 Å². The molecule has 166 valence electrons. The highest BCUT2D eigenvalue weighted by Gasteiger charge is 2.29. The number of fused-ring (bicyclic) bond motifs is 1. The molecule has 0 spiro atoms. The number of aliphatic hydroxyl groups is 2. The number of esters is 1. The lowest BCUT2D eigenvalue weighted by molar-refractivity contribution is -0.143. The number of aromatic nitrogens is 1. The van der Waals surface area contributed by atoms with Crippen molar-refractivity contribution in [1.82, 2.24) is 4.98 Å². The van der Waals surface area contributed by atoms with Crippen LogP contribution in [-0.2, 0) is 9.53 Å². The number of para-hydroxylation sites is 1. The lowest BCUT2D eigenvalue weighted by Crippen LogP contribution is -2.20. The fourth-order valence-electron chi connectivity index (χ4n) is 3.93. The van der Waals surface area contributed by atoms with E-state index in [-0.39, 0.29) is 18.7 Å². The summed E-state index contributed by atoms with van der Waals surface area (Å²) in [6.07, 6.45) is 3.44. The van der Waals surface area contributed by atoms with Crippen molar-refractivity contribution in [1.29, 1.82) is 0 Å². The van der Waals surface area contributed by atoms with Gasteiger partial charge in [0.2, 0.25) is 0 Å². The highest BCUT2D eigenvalue weighted by molar-refractivity contribution is 5.99. The topological polar surface area (TPSA) is 79.7 Å². The van der Waals surface area contributed by atoms with Gasteiger partial charge in [0.25, 0.3) is 0 Å². The second-order valence-electron chi connectivity index (χ2n) is 8.18. The number of hydrogen-bond acceptors (Lipinski definition) is 5. The first-order valence-electron chi connectivity index (χ1n) is 10.8. The average Bonchev–Trinajstić information content (AvgIpc) is 3.62. The average molecular weight is 435 g/mol. The van der Waals surface area contributed by atoms with Crippen molar-refractivity contribution in [2.45, 2.75) is 43.8 Å². The molecular formula is C26H26FNO4. The monoisotopic (exact) mass is 435 g/mol. The highest BCUT2D eigenvalue weighted by atomic mass is 19.1. The van der Waals surface area contributed by atoms with Gasteiger partial charge >= 0.3 is 5.97 Å². The van der Waals surface area contributed by atoms with E-state index < -0.39 is 18.2 Å². The number of ether oxygens (including phenoxy) is 1. The minimum atomic E-state index is -1.00. The van der Waals surface area contributed by atoms with Crippen LogP contribution in [0.2, 0.25) is 0 Å². The van der Waals surface area contributed by atoms with Crippen LogP contribution in [0.5, 0.6) is 0 Å². The molecule has 0 unspecified atom stereocenters. The predicted molar refractivity (Wildman–Crippen MR) is 121 cm³/mol. The van der Waals surface area contributed by atoms with Crippen LogP contribution in [0.1, 0.15) is 42.9 Å². The second kappa shape index (κ2) is 9.59. The maximum absolute atomic E-state index is 13.6. The molecule has 0 radical (unpaired) electrons. The summed E-state index contributed by atoms with van der Waals surface area (Å²) in [7, 11) is 1.26. The summed E-state index contributed by atoms with van der Waals surface area (Å²) in [6.45, 7) is 0. The molecule has 4 rings (SSSR count). The Labute approximate surface area is 186 Å². The summed E-state index contributed by atoms with van der Waals surface area (Å²) in [5.41, 5.74) is 4.53. The number of methoxy groups -OCH3 is 1. The van der Waals surface area contributed by atoms with E-state index in [0.29, 0.717) is 5.92 Å². The van der Waals surface area contributed by atoms with Crippen molar-refractivity contribution in [3.8, 4) is 11.1 Å².